The molecule has 2 saturated heterocycles. The number of carbonyl (C=O) groups excluding carboxylic acids is 9. The molecule has 3 heterocycles. The van der Waals surface area contributed by atoms with Crippen LogP contribution in [0, 0.1) is 11.8 Å². The summed E-state index contributed by atoms with van der Waals surface area (Å²) in [5.41, 5.74) is -0.140. The SMILES string of the molecule is C=C(CBr)C(=O)OC(C)(C)CCCC(C=O)N[C@H](C(=O)N[C@@H](CCCNC(N)=O)C(=O)Nc1ccc(C(=O)N(C)[C@@H](C)C(=O)O[C@H]2CC(=O)N(C)c3cc(cc(OC)c3Cl)C/C(C)=C/C=C/[C@@H](OC)[C@@]3(O)C[C@H](OC(=O)N3)[C@@H](C)[C@@H]3O[C@@]23C)cc1C(F)(F)F)C(C)C. The van der Waals surface area contributed by atoms with Gasteiger partial charge in [-0.2, -0.15) is 13.2 Å². The molecule has 508 valence electrons. The van der Waals surface area contributed by atoms with Gasteiger partial charge in [0.15, 0.2) is 5.72 Å². The number of primary amides is 1. The lowest BCUT2D eigenvalue weighted by Gasteiger charge is -2.42. The lowest BCUT2D eigenvalue weighted by molar-refractivity contribution is -0.158. The fraction of sp³-hybridized carbons (Fsp3) is 0.571. The molecule has 0 spiro atoms. The number of alkyl carbamates (subject to hydrolysis) is 1. The summed E-state index contributed by atoms with van der Waals surface area (Å²) < 4.78 is 80.2. The van der Waals surface area contributed by atoms with Crippen LogP contribution in [0.2, 0.25) is 5.02 Å². The molecule has 3 aliphatic rings. The Morgan fingerprint density at radius 3 is 2.36 bits per heavy atom. The van der Waals surface area contributed by atoms with Gasteiger partial charge in [-0.3, -0.25) is 29.8 Å². The van der Waals surface area contributed by atoms with Crippen molar-refractivity contribution >= 4 is 92.9 Å². The number of aliphatic hydroxyl groups is 1. The van der Waals surface area contributed by atoms with Crippen molar-refractivity contribution in [3.8, 4) is 5.75 Å². The summed E-state index contributed by atoms with van der Waals surface area (Å²) in [7, 11) is 5.36. The van der Waals surface area contributed by atoms with Gasteiger partial charge in [-0.05, 0) is 115 Å². The van der Waals surface area contributed by atoms with Gasteiger partial charge in [0.1, 0.15) is 58.7 Å². The zero-order chi connectivity index (χ0) is 69.0. The Kier molecular flexibility index (Phi) is 26.4. The highest BCUT2D eigenvalue weighted by atomic mass is 79.9. The third-order valence-corrected chi connectivity index (χ3v) is 17.6. The first-order valence-electron chi connectivity index (χ1n) is 29.8. The molecule has 7 amide bonds. The van der Waals surface area contributed by atoms with Crippen LogP contribution in [0.15, 0.2) is 66.3 Å². The number of urea groups is 1. The van der Waals surface area contributed by atoms with Crippen LogP contribution < -0.4 is 42.0 Å². The van der Waals surface area contributed by atoms with E-state index in [1.54, 1.807) is 71.9 Å². The second kappa shape index (κ2) is 32.2. The average molecular weight is 1380 g/mol. The van der Waals surface area contributed by atoms with Crippen LogP contribution in [0.5, 0.6) is 5.75 Å². The number of benzene rings is 2. The lowest BCUT2D eigenvalue weighted by atomic mass is 9.83. The van der Waals surface area contributed by atoms with E-state index < -0.39 is 154 Å². The van der Waals surface area contributed by atoms with Crippen LogP contribution >= 0.6 is 27.5 Å². The van der Waals surface area contributed by atoms with Crippen molar-refractivity contribution in [2.45, 2.75) is 178 Å². The van der Waals surface area contributed by atoms with Crippen LogP contribution in [-0.2, 0) is 65.0 Å². The monoisotopic (exact) mass is 1380 g/mol. The van der Waals surface area contributed by atoms with Gasteiger partial charge < -0.3 is 69.8 Å². The van der Waals surface area contributed by atoms with Gasteiger partial charge in [0.2, 0.25) is 17.7 Å². The Hall–Kier alpha value is -7.11. The minimum Gasteiger partial charge on any atom is -0.495 e. The molecule has 0 aliphatic carbocycles. The molecule has 11 atom stereocenters. The van der Waals surface area contributed by atoms with E-state index in [0.717, 1.165) is 29.7 Å². The summed E-state index contributed by atoms with van der Waals surface area (Å²) in [6.07, 6.45) is -4.81. The van der Waals surface area contributed by atoms with E-state index in [1.807, 2.05) is 6.92 Å². The summed E-state index contributed by atoms with van der Waals surface area (Å²) in [6, 6.07) is -0.358. The molecule has 2 fully saturated rings. The Morgan fingerprint density at radius 2 is 1.75 bits per heavy atom. The molecule has 0 saturated carbocycles. The minimum absolute atomic E-state index is 0.000576. The standard InChI is InChI=1S/C63H85BrClF3N8O16/c1-33(2)51(71-40(32-77)18-15-23-60(7,8)92-56(82)35(4)31-64)54(80)73-43(19-16-24-70-58(69)84)53(79)72-42-22-21-39(28-41(42)63(66,67)68)55(81)75(10)37(6)57(83)90-48-29-49(78)76(11)44-26-38(27-45(87-12)50(44)65)25-34(3)17-14-20-47(88-13)62(86)30-46(89-59(85)74-62)36(5)52-61(48,9)91-52/h14,17,20-22,26-28,32-33,36-37,40,43,46-48,51-52,71,86H,4,15-16,18-19,23-25,29-31H2,1-3,5-13H3,(H,72,79)(H,73,80)(H,74,85)(H3,69,70,84)/b20-14+,34-17+/t36-,37+,40?,43+,46+,47-,48+,51+,52+,61+,62+/m1/s1. The van der Waals surface area contributed by atoms with Gasteiger partial charge in [-0.15, -0.1) is 0 Å². The number of allylic oxidation sites excluding steroid dienone is 3. The second-order valence-corrected chi connectivity index (χ2v) is 25.4. The number of methoxy groups -OCH3 is 2. The second-order valence-electron chi connectivity index (χ2n) is 24.5. The van der Waals surface area contributed by atoms with Crippen LogP contribution in [0.1, 0.15) is 122 Å². The summed E-state index contributed by atoms with van der Waals surface area (Å²) in [5.74, 6) is -6.36. The number of carbonyl (C=O) groups is 9. The van der Waals surface area contributed by atoms with Gasteiger partial charge in [0.25, 0.3) is 5.91 Å². The third-order valence-electron chi connectivity index (χ3n) is 16.5. The van der Waals surface area contributed by atoms with Crippen molar-refractivity contribution < 1.29 is 89.8 Å². The van der Waals surface area contributed by atoms with Crippen LogP contribution in [0.4, 0.5) is 34.1 Å². The van der Waals surface area contributed by atoms with E-state index in [1.165, 1.54) is 33.1 Å². The van der Waals surface area contributed by atoms with Crippen molar-refractivity contribution in [1.29, 1.82) is 0 Å². The van der Waals surface area contributed by atoms with Gasteiger partial charge in [0, 0.05) is 56.6 Å². The number of nitrogens with two attached hydrogens (primary N) is 1. The number of likely N-dealkylation sites (N-methyl/N-ethyl adjacent to an activating group) is 1. The summed E-state index contributed by atoms with van der Waals surface area (Å²) >= 11 is 9.99. The molecule has 0 radical (unpaired) electrons. The Morgan fingerprint density at radius 1 is 1.07 bits per heavy atom. The van der Waals surface area contributed by atoms with Crippen LogP contribution in [0.3, 0.4) is 0 Å². The number of hydrogen-bond acceptors (Lipinski definition) is 17. The van der Waals surface area contributed by atoms with Crippen LogP contribution in [0.25, 0.3) is 0 Å². The molecule has 1 unspecified atom stereocenters. The van der Waals surface area contributed by atoms with Crippen molar-refractivity contribution in [3.63, 3.8) is 0 Å². The summed E-state index contributed by atoms with van der Waals surface area (Å²) in [4.78, 5) is 123. The first-order valence-corrected chi connectivity index (χ1v) is 31.3. The van der Waals surface area contributed by atoms with Crippen LogP contribution in [-0.4, -0.2) is 170 Å². The number of aldehydes is 1. The number of rotatable bonds is 25. The van der Waals surface area contributed by atoms with E-state index in [4.69, 9.17) is 45.8 Å². The van der Waals surface area contributed by atoms with Gasteiger partial charge in [-0.1, -0.05) is 78.7 Å². The molecule has 4 bridgehead atoms. The molecule has 8 N–H and O–H groups in total. The maximum atomic E-state index is 15.1. The number of nitrogens with one attached hydrogen (secondary N) is 5. The summed E-state index contributed by atoms with van der Waals surface area (Å²) in [5, 5.41) is 24.8. The highest BCUT2D eigenvalue weighted by molar-refractivity contribution is 9.09. The molecular weight excluding hydrogens is 1300 g/mol. The van der Waals surface area contributed by atoms with Crippen molar-refractivity contribution in [3.05, 3.63) is 88.0 Å². The maximum absolute atomic E-state index is 15.1. The number of anilines is 2. The van der Waals surface area contributed by atoms with E-state index in [-0.39, 0.29) is 59.6 Å². The summed E-state index contributed by atoms with van der Waals surface area (Å²) in [6.45, 7) is 16.6. The predicted molar refractivity (Wildman–Crippen MR) is 338 cm³/mol. The molecule has 2 aromatic carbocycles. The van der Waals surface area contributed by atoms with Gasteiger partial charge >= 0.3 is 30.2 Å². The van der Waals surface area contributed by atoms with E-state index >= 15 is 13.2 Å². The fourth-order valence-electron chi connectivity index (χ4n) is 10.8. The quantitative estimate of drug-likeness (QED) is 0.00972. The molecule has 0 aromatic heterocycles. The zero-order valence-corrected chi connectivity index (χ0v) is 56.0. The molecular formula is C63H85BrClF3N8O16. The molecule has 2 aromatic rings. The Labute approximate surface area is 546 Å². The number of nitrogens with zero attached hydrogens (tertiary/aromatic N) is 2. The molecule has 5 rings (SSSR count). The normalized spacial score (nSPS) is 24.1. The smallest absolute Gasteiger partial charge is 0.418 e. The van der Waals surface area contributed by atoms with Crippen molar-refractivity contribution in [2.24, 2.45) is 17.6 Å². The topological polar surface area (TPSA) is 325 Å². The molecule has 24 nitrogen and oxygen atoms in total. The number of alkyl halides is 4. The number of halogens is 5. The number of esters is 2. The van der Waals surface area contributed by atoms with E-state index in [9.17, 15) is 48.3 Å². The Bertz CT molecular complexity index is 3150. The van der Waals surface area contributed by atoms with Crippen molar-refractivity contribution in [1.82, 2.24) is 26.2 Å². The Balaban J connectivity index is 1.40. The predicted octanol–water partition coefficient (Wildman–Crippen LogP) is 7.34. The van der Waals surface area contributed by atoms with E-state index in [2.05, 4.69) is 49.1 Å². The molecule has 3 aliphatic heterocycles. The first-order chi connectivity index (χ1) is 42.9. The van der Waals surface area contributed by atoms with Gasteiger partial charge in [0.05, 0.1) is 48.7 Å². The number of epoxide rings is 1. The molecule has 92 heavy (non-hydrogen) atoms. The molecule has 29 heteroatoms. The van der Waals surface area contributed by atoms with Crippen molar-refractivity contribution in [2.75, 3.05) is 50.4 Å². The maximum Gasteiger partial charge on any atom is 0.418 e. The number of amides is 7. The fourth-order valence-corrected chi connectivity index (χ4v) is 11.4. The number of ether oxygens (including phenoxy) is 6. The lowest BCUT2D eigenvalue weighted by Crippen LogP contribution is -2.63. The average Bonchev–Trinajstić information content (AvgIpc) is 1.57. The highest BCUT2D eigenvalue weighted by Crippen LogP contribution is 2.49. The largest absolute Gasteiger partial charge is 0.495 e. The third kappa shape index (κ3) is 19.7. The zero-order valence-electron chi connectivity index (χ0n) is 53.7. The minimum atomic E-state index is -5.23. The number of fused-ring (bicyclic) bond motifs is 5. The number of hydrogen-bond donors (Lipinski definition) is 7. The van der Waals surface area contributed by atoms with E-state index in [0.29, 0.717) is 37.2 Å². The van der Waals surface area contributed by atoms with Gasteiger partial charge in [-0.25, -0.2) is 19.2 Å². The highest BCUT2D eigenvalue weighted by Gasteiger charge is 2.64. The first kappa shape index (κ1) is 75.6.